The van der Waals surface area contributed by atoms with Gasteiger partial charge in [-0.15, -0.1) is 0 Å². The summed E-state index contributed by atoms with van der Waals surface area (Å²) in [7, 11) is -1.38. The van der Waals surface area contributed by atoms with Gasteiger partial charge in [0.05, 0.1) is 24.8 Å². The molecule has 0 aromatic heterocycles. The number of hydrogen-bond acceptors (Lipinski definition) is 6. The quantitative estimate of drug-likeness (QED) is 0.340. The van der Waals surface area contributed by atoms with Crippen LogP contribution in [0.2, 0.25) is 0 Å². The average Bonchev–Trinajstić information content (AvgIpc) is 2.94. The number of rotatable bonds is 11. The van der Waals surface area contributed by atoms with Gasteiger partial charge in [-0.2, -0.15) is 0 Å². The lowest BCUT2D eigenvalue weighted by Gasteiger charge is -2.33. The fraction of sp³-hybridized carbons (Fsp3) is 0.375. The minimum atomic E-state index is -4.26. The molecule has 9 nitrogen and oxygen atoms in total. The van der Waals surface area contributed by atoms with Gasteiger partial charge in [-0.3, -0.25) is 13.9 Å². The molecule has 3 aromatic carbocycles. The summed E-state index contributed by atoms with van der Waals surface area (Å²) in [6, 6.07) is 17.9. The number of nitrogens with one attached hydrogen (secondary N) is 1. The van der Waals surface area contributed by atoms with Crippen molar-refractivity contribution in [2.75, 3.05) is 25.1 Å². The Balaban J connectivity index is 2.09. The van der Waals surface area contributed by atoms with Gasteiger partial charge in [-0.1, -0.05) is 42.0 Å². The van der Waals surface area contributed by atoms with Crippen LogP contribution in [-0.4, -0.2) is 57.5 Å². The van der Waals surface area contributed by atoms with Gasteiger partial charge in [0.2, 0.25) is 11.8 Å². The van der Waals surface area contributed by atoms with E-state index in [0.717, 1.165) is 21.0 Å². The highest BCUT2D eigenvalue weighted by Gasteiger charge is 2.34. The van der Waals surface area contributed by atoms with E-state index in [1.807, 2.05) is 58.9 Å². The van der Waals surface area contributed by atoms with Crippen molar-refractivity contribution in [1.29, 1.82) is 0 Å². The fourth-order valence-electron chi connectivity index (χ4n) is 4.37. The number of carbonyl (C=O) groups is 2. The normalized spacial score (nSPS) is 12.3. The van der Waals surface area contributed by atoms with E-state index in [-0.39, 0.29) is 23.1 Å². The molecule has 226 valence electrons. The van der Waals surface area contributed by atoms with Crippen LogP contribution >= 0.6 is 0 Å². The smallest absolute Gasteiger partial charge is 0.264 e. The Labute approximate surface area is 249 Å². The molecule has 2 amide bonds. The molecule has 3 aromatic rings. The zero-order valence-corrected chi connectivity index (χ0v) is 26.4. The van der Waals surface area contributed by atoms with Crippen LogP contribution in [-0.2, 0) is 26.2 Å². The highest BCUT2D eigenvalue weighted by atomic mass is 32.2. The van der Waals surface area contributed by atoms with Crippen molar-refractivity contribution < 1.29 is 27.5 Å². The van der Waals surface area contributed by atoms with Gasteiger partial charge < -0.3 is 19.7 Å². The standard InChI is InChI=1S/C32H41N3O6S/c1-22-13-15-26(16-14-22)35(42(38,39)27-17-18-28(40-7)29(19-27)41-8)21-30(36)34(20-25-12-10-9-11-23(25)2)24(3)31(37)33-32(4,5)6/h9-19,24H,20-21H2,1-8H3,(H,33,37)/t24-/m1/s1. The van der Waals surface area contributed by atoms with Crippen LogP contribution in [0, 0.1) is 13.8 Å². The third kappa shape index (κ3) is 7.82. The van der Waals surface area contributed by atoms with Crippen molar-refractivity contribution in [2.24, 2.45) is 0 Å². The first-order valence-corrected chi connectivity index (χ1v) is 15.1. The van der Waals surface area contributed by atoms with Crippen LogP contribution < -0.4 is 19.1 Å². The molecule has 1 atom stereocenters. The van der Waals surface area contributed by atoms with Crippen molar-refractivity contribution in [2.45, 2.75) is 64.6 Å². The molecule has 0 aliphatic rings. The Morgan fingerprint density at radius 3 is 2.10 bits per heavy atom. The summed E-state index contributed by atoms with van der Waals surface area (Å²) in [6.07, 6.45) is 0. The number of benzene rings is 3. The van der Waals surface area contributed by atoms with E-state index < -0.39 is 34.1 Å². The minimum Gasteiger partial charge on any atom is -0.493 e. The number of nitrogens with zero attached hydrogens (tertiary/aromatic N) is 2. The van der Waals surface area contributed by atoms with Gasteiger partial charge in [-0.25, -0.2) is 8.42 Å². The lowest BCUT2D eigenvalue weighted by Crippen LogP contribution is -2.54. The van der Waals surface area contributed by atoms with E-state index in [1.165, 1.54) is 37.3 Å². The zero-order chi connectivity index (χ0) is 31.2. The van der Waals surface area contributed by atoms with Crippen molar-refractivity contribution in [3.8, 4) is 11.5 Å². The Kier molecular flexibility index (Phi) is 10.3. The molecule has 0 bridgehead atoms. The summed E-state index contributed by atoms with van der Waals surface area (Å²) >= 11 is 0. The highest BCUT2D eigenvalue weighted by Crippen LogP contribution is 2.32. The summed E-state index contributed by atoms with van der Waals surface area (Å²) in [5.41, 5.74) is 2.53. The van der Waals surface area contributed by atoms with Crippen molar-refractivity contribution in [1.82, 2.24) is 10.2 Å². The maximum Gasteiger partial charge on any atom is 0.264 e. The monoisotopic (exact) mass is 595 g/mol. The number of hydrogen-bond donors (Lipinski definition) is 1. The molecule has 0 radical (unpaired) electrons. The maximum atomic E-state index is 14.1. The third-order valence-electron chi connectivity index (χ3n) is 6.81. The maximum absolute atomic E-state index is 14.1. The molecule has 0 spiro atoms. The topological polar surface area (TPSA) is 105 Å². The second-order valence-corrected chi connectivity index (χ2v) is 13.1. The average molecular weight is 596 g/mol. The Hall–Kier alpha value is -4.05. The molecule has 42 heavy (non-hydrogen) atoms. The molecular formula is C32H41N3O6S. The SMILES string of the molecule is COc1ccc(S(=O)(=O)N(CC(=O)N(Cc2ccccc2C)[C@H](C)C(=O)NC(C)(C)C)c2ccc(C)cc2)cc1OC. The number of anilines is 1. The van der Waals surface area contributed by atoms with E-state index in [2.05, 4.69) is 5.32 Å². The van der Waals surface area contributed by atoms with Crippen molar-refractivity contribution in [3.63, 3.8) is 0 Å². The van der Waals surface area contributed by atoms with E-state index in [1.54, 1.807) is 31.2 Å². The van der Waals surface area contributed by atoms with Crippen molar-refractivity contribution >= 4 is 27.5 Å². The molecule has 0 fully saturated rings. The van der Waals surface area contributed by atoms with Crippen LogP contribution in [0.1, 0.15) is 44.4 Å². The van der Waals surface area contributed by atoms with Crippen LogP contribution in [0.15, 0.2) is 71.6 Å². The number of ether oxygens (including phenoxy) is 2. The zero-order valence-electron chi connectivity index (χ0n) is 25.6. The van der Waals surface area contributed by atoms with Gasteiger partial charge >= 0.3 is 0 Å². The van der Waals surface area contributed by atoms with E-state index in [0.29, 0.717) is 11.4 Å². The van der Waals surface area contributed by atoms with Crippen LogP contribution in [0.3, 0.4) is 0 Å². The Morgan fingerprint density at radius 1 is 0.905 bits per heavy atom. The van der Waals surface area contributed by atoms with Gasteiger partial charge in [-0.05, 0) is 76.9 Å². The van der Waals surface area contributed by atoms with E-state index >= 15 is 0 Å². The predicted octanol–water partition coefficient (Wildman–Crippen LogP) is 4.85. The largest absolute Gasteiger partial charge is 0.493 e. The second kappa shape index (κ2) is 13.3. The summed E-state index contributed by atoms with van der Waals surface area (Å²) in [6.45, 7) is 10.6. The van der Waals surface area contributed by atoms with Crippen LogP contribution in [0.4, 0.5) is 5.69 Å². The molecular weight excluding hydrogens is 554 g/mol. The van der Waals surface area contributed by atoms with E-state index in [9.17, 15) is 18.0 Å². The first kappa shape index (κ1) is 32.5. The number of amides is 2. The Morgan fingerprint density at radius 2 is 1.52 bits per heavy atom. The molecule has 10 heteroatoms. The molecule has 0 saturated heterocycles. The van der Waals surface area contributed by atoms with Crippen LogP contribution in [0.25, 0.3) is 0 Å². The molecule has 1 N–H and O–H groups in total. The van der Waals surface area contributed by atoms with Gasteiger partial charge in [0.25, 0.3) is 10.0 Å². The second-order valence-electron chi connectivity index (χ2n) is 11.2. The molecule has 0 saturated carbocycles. The highest BCUT2D eigenvalue weighted by molar-refractivity contribution is 7.92. The van der Waals surface area contributed by atoms with Gasteiger partial charge in [0.15, 0.2) is 11.5 Å². The van der Waals surface area contributed by atoms with Crippen molar-refractivity contribution in [3.05, 3.63) is 83.4 Å². The number of sulfonamides is 1. The summed E-state index contributed by atoms with van der Waals surface area (Å²) in [4.78, 5) is 28.7. The summed E-state index contributed by atoms with van der Waals surface area (Å²) in [5, 5.41) is 2.94. The lowest BCUT2D eigenvalue weighted by atomic mass is 10.1. The van der Waals surface area contributed by atoms with Gasteiger partial charge in [0.1, 0.15) is 12.6 Å². The first-order chi connectivity index (χ1) is 19.7. The molecule has 0 aliphatic carbocycles. The summed E-state index contributed by atoms with van der Waals surface area (Å²) in [5.74, 6) is -0.256. The molecule has 3 rings (SSSR count). The molecule has 0 unspecified atom stereocenters. The number of aryl methyl sites for hydroxylation is 2. The minimum absolute atomic E-state index is 0.0718. The Bertz CT molecular complexity index is 1510. The summed E-state index contributed by atoms with van der Waals surface area (Å²) < 4.78 is 39.9. The third-order valence-corrected chi connectivity index (χ3v) is 8.58. The first-order valence-electron chi connectivity index (χ1n) is 13.7. The predicted molar refractivity (Wildman–Crippen MR) is 164 cm³/mol. The lowest BCUT2D eigenvalue weighted by molar-refractivity contribution is -0.140. The number of methoxy groups -OCH3 is 2. The molecule has 0 heterocycles. The number of carbonyl (C=O) groups excluding carboxylic acids is 2. The van der Waals surface area contributed by atoms with Gasteiger partial charge in [0, 0.05) is 18.2 Å². The van der Waals surface area contributed by atoms with E-state index in [4.69, 9.17) is 9.47 Å². The fourth-order valence-corrected chi connectivity index (χ4v) is 5.80. The molecule has 0 aliphatic heterocycles. The van der Waals surface area contributed by atoms with Crippen LogP contribution in [0.5, 0.6) is 11.5 Å².